The summed E-state index contributed by atoms with van der Waals surface area (Å²) in [5, 5.41) is 2.96. The molecule has 0 atom stereocenters. The average molecular weight is 259 g/mol. The first-order chi connectivity index (χ1) is 9.11. The summed E-state index contributed by atoms with van der Waals surface area (Å²) in [7, 11) is 1.79. The maximum Gasteiger partial charge on any atom is 0.134 e. The fourth-order valence-corrected chi connectivity index (χ4v) is 1.92. The van der Waals surface area contributed by atoms with Gasteiger partial charge in [0.2, 0.25) is 0 Å². The van der Waals surface area contributed by atoms with E-state index in [4.69, 9.17) is 4.74 Å². The lowest BCUT2D eigenvalue weighted by Gasteiger charge is -2.14. The zero-order chi connectivity index (χ0) is 13.8. The minimum atomic E-state index is -0.253. The van der Waals surface area contributed by atoms with E-state index in [-0.39, 0.29) is 5.82 Å². The molecule has 0 aromatic heterocycles. The normalized spacial score (nSPS) is 10.5. The highest BCUT2D eigenvalue weighted by Crippen LogP contribution is 2.29. The Morgan fingerprint density at radius 3 is 2.63 bits per heavy atom. The summed E-state index contributed by atoms with van der Waals surface area (Å²) in [5.74, 6) is 1.07. The highest BCUT2D eigenvalue weighted by molar-refractivity contribution is 5.43. The van der Waals surface area contributed by atoms with Crippen molar-refractivity contribution in [2.75, 3.05) is 7.05 Å². The van der Waals surface area contributed by atoms with Crippen molar-refractivity contribution in [3.05, 3.63) is 58.9 Å². The van der Waals surface area contributed by atoms with E-state index in [0.29, 0.717) is 17.9 Å². The van der Waals surface area contributed by atoms with Crippen LogP contribution >= 0.6 is 0 Å². The van der Waals surface area contributed by atoms with Crippen LogP contribution in [0.25, 0.3) is 0 Å². The second kappa shape index (κ2) is 5.85. The predicted octanol–water partition coefficient (Wildman–Crippen LogP) is 3.95. The molecule has 0 bridgehead atoms. The van der Waals surface area contributed by atoms with E-state index in [1.165, 1.54) is 6.07 Å². The van der Waals surface area contributed by atoms with Crippen molar-refractivity contribution < 1.29 is 9.13 Å². The molecule has 2 aromatic rings. The molecule has 0 aliphatic rings. The van der Waals surface area contributed by atoms with Gasteiger partial charge in [-0.05, 0) is 50.2 Å². The standard InChI is InChI=1S/C16H18FNO/c1-11-7-8-12(2)16(9-11)19-15-6-4-5-14(17)13(15)10-18-3/h4-9,18H,10H2,1-3H3. The van der Waals surface area contributed by atoms with E-state index >= 15 is 0 Å². The lowest BCUT2D eigenvalue weighted by molar-refractivity contribution is 0.460. The van der Waals surface area contributed by atoms with E-state index in [9.17, 15) is 4.39 Å². The van der Waals surface area contributed by atoms with Gasteiger partial charge in [0.25, 0.3) is 0 Å². The summed E-state index contributed by atoms with van der Waals surface area (Å²) in [4.78, 5) is 0. The van der Waals surface area contributed by atoms with Gasteiger partial charge in [-0.15, -0.1) is 0 Å². The molecule has 0 radical (unpaired) electrons. The number of hydrogen-bond donors (Lipinski definition) is 1. The Balaban J connectivity index is 2.37. The fourth-order valence-electron chi connectivity index (χ4n) is 1.92. The van der Waals surface area contributed by atoms with Gasteiger partial charge in [-0.3, -0.25) is 0 Å². The molecule has 0 saturated heterocycles. The Hall–Kier alpha value is -1.87. The molecule has 0 unspecified atom stereocenters. The van der Waals surface area contributed by atoms with Gasteiger partial charge in [0, 0.05) is 12.1 Å². The number of nitrogens with one attached hydrogen (secondary N) is 1. The molecule has 2 rings (SSSR count). The van der Waals surface area contributed by atoms with Crippen molar-refractivity contribution in [1.82, 2.24) is 5.32 Å². The molecule has 2 aromatic carbocycles. The Morgan fingerprint density at radius 1 is 1.11 bits per heavy atom. The predicted molar refractivity (Wildman–Crippen MR) is 75.2 cm³/mol. The van der Waals surface area contributed by atoms with Gasteiger partial charge in [0.1, 0.15) is 17.3 Å². The Bertz CT molecular complexity index is 581. The van der Waals surface area contributed by atoms with Crippen LogP contribution in [-0.2, 0) is 6.54 Å². The summed E-state index contributed by atoms with van der Waals surface area (Å²) in [5.41, 5.74) is 2.70. The smallest absolute Gasteiger partial charge is 0.134 e. The highest BCUT2D eigenvalue weighted by atomic mass is 19.1. The molecule has 0 saturated carbocycles. The molecule has 100 valence electrons. The quantitative estimate of drug-likeness (QED) is 0.897. The van der Waals surface area contributed by atoms with Gasteiger partial charge >= 0.3 is 0 Å². The zero-order valence-corrected chi connectivity index (χ0v) is 11.5. The molecular weight excluding hydrogens is 241 g/mol. The van der Waals surface area contributed by atoms with Gasteiger partial charge < -0.3 is 10.1 Å². The molecule has 0 aliphatic heterocycles. The van der Waals surface area contributed by atoms with Gasteiger partial charge in [-0.1, -0.05) is 18.2 Å². The number of hydrogen-bond acceptors (Lipinski definition) is 2. The lowest BCUT2D eigenvalue weighted by atomic mass is 10.1. The number of halogens is 1. The molecule has 3 heteroatoms. The monoisotopic (exact) mass is 259 g/mol. The van der Waals surface area contributed by atoms with Crippen molar-refractivity contribution in [2.45, 2.75) is 20.4 Å². The minimum absolute atomic E-state index is 0.253. The third-order valence-electron chi connectivity index (χ3n) is 2.99. The maximum absolute atomic E-state index is 13.8. The SMILES string of the molecule is CNCc1c(F)cccc1Oc1cc(C)ccc1C. The zero-order valence-electron chi connectivity index (χ0n) is 11.5. The third kappa shape index (κ3) is 3.12. The van der Waals surface area contributed by atoms with E-state index in [2.05, 4.69) is 5.32 Å². The van der Waals surface area contributed by atoms with Crippen LogP contribution in [0.15, 0.2) is 36.4 Å². The van der Waals surface area contributed by atoms with Crippen LogP contribution in [0.2, 0.25) is 0 Å². The van der Waals surface area contributed by atoms with Crippen molar-refractivity contribution in [1.29, 1.82) is 0 Å². The first-order valence-electron chi connectivity index (χ1n) is 6.29. The Morgan fingerprint density at radius 2 is 1.89 bits per heavy atom. The van der Waals surface area contributed by atoms with Gasteiger partial charge in [0.15, 0.2) is 0 Å². The highest BCUT2D eigenvalue weighted by Gasteiger charge is 2.10. The van der Waals surface area contributed by atoms with Crippen molar-refractivity contribution in [3.63, 3.8) is 0 Å². The van der Waals surface area contributed by atoms with E-state index in [1.807, 2.05) is 32.0 Å². The van der Waals surface area contributed by atoms with Crippen molar-refractivity contribution >= 4 is 0 Å². The van der Waals surface area contributed by atoms with Crippen LogP contribution in [0.5, 0.6) is 11.5 Å². The molecule has 0 fully saturated rings. The van der Waals surface area contributed by atoms with Crippen LogP contribution < -0.4 is 10.1 Å². The third-order valence-corrected chi connectivity index (χ3v) is 2.99. The summed E-state index contributed by atoms with van der Waals surface area (Å²) in [6.07, 6.45) is 0. The van der Waals surface area contributed by atoms with Crippen LogP contribution in [0.3, 0.4) is 0 Å². The van der Waals surface area contributed by atoms with E-state index < -0.39 is 0 Å². The van der Waals surface area contributed by atoms with Crippen LogP contribution in [-0.4, -0.2) is 7.05 Å². The number of rotatable bonds is 4. The average Bonchev–Trinajstić information content (AvgIpc) is 2.38. The molecule has 0 heterocycles. The molecular formula is C16H18FNO. The first kappa shape index (κ1) is 13.6. The summed E-state index contributed by atoms with van der Waals surface area (Å²) < 4.78 is 19.7. The largest absolute Gasteiger partial charge is 0.457 e. The van der Waals surface area contributed by atoms with Crippen molar-refractivity contribution in [3.8, 4) is 11.5 Å². The molecule has 19 heavy (non-hydrogen) atoms. The fraction of sp³-hybridized carbons (Fsp3) is 0.250. The van der Waals surface area contributed by atoms with Crippen molar-refractivity contribution in [2.24, 2.45) is 0 Å². The maximum atomic E-state index is 13.8. The molecule has 1 N–H and O–H groups in total. The van der Waals surface area contributed by atoms with Crippen LogP contribution in [0.1, 0.15) is 16.7 Å². The molecule has 0 amide bonds. The summed E-state index contributed by atoms with van der Waals surface area (Å²) in [6, 6.07) is 10.9. The first-order valence-corrected chi connectivity index (χ1v) is 6.29. The van der Waals surface area contributed by atoms with Crippen LogP contribution in [0, 0.1) is 19.7 Å². The summed E-state index contributed by atoms with van der Waals surface area (Å²) in [6.45, 7) is 4.42. The lowest BCUT2D eigenvalue weighted by Crippen LogP contribution is -2.08. The second-order valence-corrected chi connectivity index (χ2v) is 4.62. The Labute approximate surface area is 113 Å². The summed E-state index contributed by atoms with van der Waals surface area (Å²) >= 11 is 0. The Kier molecular flexibility index (Phi) is 4.17. The minimum Gasteiger partial charge on any atom is -0.457 e. The van der Waals surface area contributed by atoms with Gasteiger partial charge in [0.05, 0.1) is 0 Å². The molecule has 0 spiro atoms. The van der Waals surface area contributed by atoms with Gasteiger partial charge in [-0.25, -0.2) is 4.39 Å². The van der Waals surface area contributed by atoms with E-state index in [1.54, 1.807) is 19.2 Å². The topological polar surface area (TPSA) is 21.3 Å². The molecule has 0 aliphatic carbocycles. The second-order valence-electron chi connectivity index (χ2n) is 4.62. The van der Waals surface area contributed by atoms with Crippen LogP contribution in [0.4, 0.5) is 4.39 Å². The number of ether oxygens (including phenoxy) is 1. The van der Waals surface area contributed by atoms with Gasteiger partial charge in [-0.2, -0.15) is 0 Å². The number of aryl methyl sites for hydroxylation is 2. The van der Waals surface area contributed by atoms with E-state index in [0.717, 1.165) is 16.9 Å². The number of benzene rings is 2. The molecule has 2 nitrogen and oxygen atoms in total.